The van der Waals surface area contributed by atoms with Gasteiger partial charge >= 0.3 is 0 Å². The van der Waals surface area contributed by atoms with Gasteiger partial charge in [0.2, 0.25) is 0 Å². The van der Waals surface area contributed by atoms with E-state index < -0.39 is 0 Å². The third-order valence-corrected chi connectivity index (χ3v) is 5.70. The van der Waals surface area contributed by atoms with Gasteiger partial charge in [0.25, 0.3) is 0 Å². The second-order valence-electron chi connectivity index (χ2n) is 5.90. The average Bonchev–Trinajstić information content (AvgIpc) is 2.39. The maximum atomic E-state index is 2.46. The Hall–Kier alpha value is 0. The highest BCUT2D eigenvalue weighted by Gasteiger charge is 2.38. The Labute approximate surface area is 111 Å². The Morgan fingerprint density at radius 1 is 0.706 bits per heavy atom. The zero-order chi connectivity index (χ0) is 13.5. The summed E-state index contributed by atoms with van der Waals surface area (Å²) >= 11 is 0. The van der Waals surface area contributed by atoms with Crippen LogP contribution in [0.25, 0.3) is 0 Å². The molecule has 104 valence electrons. The fourth-order valence-electron chi connectivity index (χ4n) is 4.11. The van der Waals surface area contributed by atoms with Crippen molar-refractivity contribution in [2.45, 2.75) is 87.0 Å². The summed E-state index contributed by atoms with van der Waals surface area (Å²) in [4.78, 5) is 0. The van der Waals surface area contributed by atoms with E-state index in [4.69, 9.17) is 0 Å². The molecule has 0 aromatic rings. The summed E-state index contributed by atoms with van der Waals surface area (Å²) in [5, 5.41) is 0. The summed E-state index contributed by atoms with van der Waals surface area (Å²) in [7, 11) is 0. The highest BCUT2D eigenvalue weighted by Crippen LogP contribution is 2.47. The van der Waals surface area contributed by atoms with E-state index in [0.717, 1.165) is 17.8 Å². The molecule has 0 aromatic carbocycles. The normalized spacial score (nSPS) is 17.8. The first kappa shape index (κ1) is 17.0. The van der Waals surface area contributed by atoms with E-state index in [2.05, 4.69) is 48.5 Å². The Morgan fingerprint density at radius 2 is 1.18 bits per heavy atom. The molecule has 0 aliphatic heterocycles. The van der Waals surface area contributed by atoms with Crippen LogP contribution in [0.5, 0.6) is 0 Å². The molecule has 0 aromatic heterocycles. The van der Waals surface area contributed by atoms with E-state index in [1.807, 2.05) is 0 Å². The lowest BCUT2D eigenvalue weighted by atomic mass is 9.60. The van der Waals surface area contributed by atoms with Gasteiger partial charge in [0, 0.05) is 0 Å². The molecule has 0 fully saturated rings. The standard InChI is InChI=1S/C17H36/c1-8-14(7)15(9-2)16(10-3)17(11-4,12-5)13-6/h14-16H,8-13H2,1-7H3. The molecule has 0 saturated heterocycles. The van der Waals surface area contributed by atoms with Crippen LogP contribution in [0.15, 0.2) is 0 Å². The largest absolute Gasteiger partial charge is 0.0651 e. The predicted octanol–water partition coefficient (Wildman–Crippen LogP) is 6.30. The molecule has 0 aliphatic rings. The first-order valence-corrected chi connectivity index (χ1v) is 8.06. The second kappa shape index (κ2) is 8.16. The molecule has 17 heavy (non-hydrogen) atoms. The van der Waals surface area contributed by atoms with Crippen molar-refractivity contribution in [2.75, 3.05) is 0 Å². The van der Waals surface area contributed by atoms with Crippen LogP contribution < -0.4 is 0 Å². The van der Waals surface area contributed by atoms with E-state index in [0.29, 0.717) is 5.41 Å². The molecule has 0 nitrogen and oxygen atoms in total. The van der Waals surface area contributed by atoms with E-state index in [-0.39, 0.29) is 0 Å². The molecule has 0 bridgehead atoms. The fraction of sp³-hybridized carbons (Fsp3) is 1.00. The summed E-state index contributed by atoms with van der Waals surface area (Å²) in [5.41, 5.74) is 0.596. The van der Waals surface area contributed by atoms with Crippen LogP contribution in [-0.4, -0.2) is 0 Å². The lowest BCUT2D eigenvalue weighted by Gasteiger charge is -2.45. The van der Waals surface area contributed by atoms with E-state index in [1.165, 1.54) is 38.5 Å². The lowest BCUT2D eigenvalue weighted by molar-refractivity contribution is 0.0480. The highest BCUT2D eigenvalue weighted by atomic mass is 14.4. The van der Waals surface area contributed by atoms with Crippen molar-refractivity contribution in [1.82, 2.24) is 0 Å². The van der Waals surface area contributed by atoms with Gasteiger partial charge in [-0.3, -0.25) is 0 Å². The number of hydrogen-bond donors (Lipinski definition) is 0. The Kier molecular flexibility index (Phi) is 8.16. The molecule has 0 radical (unpaired) electrons. The van der Waals surface area contributed by atoms with Gasteiger partial charge in [-0.15, -0.1) is 0 Å². The Morgan fingerprint density at radius 3 is 1.41 bits per heavy atom. The van der Waals surface area contributed by atoms with Gasteiger partial charge in [-0.05, 0) is 23.2 Å². The highest BCUT2D eigenvalue weighted by molar-refractivity contribution is 4.88. The van der Waals surface area contributed by atoms with Crippen molar-refractivity contribution in [1.29, 1.82) is 0 Å². The van der Waals surface area contributed by atoms with Gasteiger partial charge in [0.1, 0.15) is 0 Å². The van der Waals surface area contributed by atoms with Crippen LogP contribution in [0, 0.1) is 23.2 Å². The molecule has 0 heteroatoms. The van der Waals surface area contributed by atoms with Crippen LogP contribution in [-0.2, 0) is 0 Å². The van der Waals surface area contributed by atoms with Crippen LogP contribution in [0.3, 0.4) is 0 Å². The SMILES string of the molecule is CCC(C)C(CC)C(CC)C(CC)(CC)CC. The molecule has 0 spiro atoms. The van der Waals surface area contributed by atoms with Gasteiger partial charge in [-0.2, -0.15) is 0 Å². The molecule has 0 heterocycles. The summed E-state index contributed by atoms with van der Waals surface area (Å²) < 4.78 is 0. The molecular formula is C17H36. The maximum absolute atomic E-state index is 2.46. The molecule has 0 N–H and O–H groups in total. The summed E-state index contributed by atoms with van der Waals surface area (Å²) in [6.07, 6.45) is 8.11. The summed E-state index contributed by atoms with van der Waals surface area (Å²) in [5.74, 6) is 2.72. The van der Waals surface area contributed by atoms with Crippen LogP contribution in [0.4, 0.5) is 0 Å². The van der Waals surface area contributed by atoms with Gasteiger partial charge in [0.15, 0.2) is 0 Å². The van der Waals surface area contributed by atoms with Crippen molar-refractivity contribution < 1.29 is 0 Å². The molecular weight excluding hydrogens is 204 g/mol. The van der Waals surface area contributed by atoms with Crippen LogP contribution >= 0.6 is 0 Å². The minimum atomic E-state index is 0.596. The predicted molar refractivity (Wildman–Crippen MR) is 80.3 cm³/mol. The van der Waals surface area contributed by atoms with Crippen molar-refractivity contribution in [2.24, 2.45) is 23.2 Å². The minimum Gasteiger partial charge on any atom is -0.0651 e. The second-order valence-corrected chi connectivity index (χ2v) is 5.90. The molecule has 3 unspecified atom stereocenters. The fourth-order valence-corrected chi connectivity index (χ4v) is 4.11. The quantitative estimate of drug-likeness (QED) is 0.443. The van der Waals surface area contributed by atoms with E-state index in [9.17, 15) is 0 Å². The Balaban J connectivity index is 5.11. The maximum Gasteiger partial charge on any atom is -0.0274 e. The van der Waals surface area contributed by atoms with E-state index in [1.54, 1.807) is 0 Å². The van der Waals surface area contributed by atoms with Crippen molar-refractivity contribution in [3.8, 4) is 0 Å². The summed E-state index contributed by atoms with van der Waals surface area (Å²) in [6, 6.07) is 0. The van der Waals surface area contributed by atoms with Crippen LogP contribution in [0.2, 0.25) is 0 Å². The third-order valence-electron chi connectivity index (χ3n) is 5.70. The van der Waals surface area contributed by atoms with Crippen molar-refractivity contribution in [3.05, 3.63) is 0 Å². The zero-order valence-electron chi connectivity index (χ0n) is 13.5. The number of hydrogen-bond acceptors (Lipinski definition) is 0. The molecule has 0 rings (SSSR count). The molecule has 0 aliphatic carbocycles. The average molecular weight is 240 g/mol. The smallest absolute Gasteiger partial charge is 0.0274 e. The van der Waals surface area contributed by atoms with Gasteiger partial charge in [-0.25, -0.2) is 0 Å². The number of rotatable bonds is 9. The van der Waals surface area contributed by atoms with Gasteiger partial charge < -0.3 is 0 Å². The monoisotopic (exact) mass is 240 g/mol. The topological polar surface area (TPSA) is 0 Å². The zero-order valence-corrected chi connectivity index (χ0v) is 13.5. The molecule has 3 atom stereocenters. The third kappa shape index (κ3) is 3.73. The first-order valence-electron chi connectivity index (χ1n) is 8.06. The minimum absolute atomic E-state index is 0.596. The molecule has 0 amide bonds. The van der Waals surface area contributed by atoms with Crippen molar-refractivity contribution in [3.63, 3.8) is 0 Å². The van der Waals surface area contributed by atoms with E-state index >= 15 is 0 Å². The van der Waals surface area contributed by atoms with Crippen LogP contribution in [0.1, 0.15) is 87.0 Å². The lowest BCUT2D eigenvalue weighted by Crippen LogP contribution is -2.36. The Bertz CT molecular complexity index is 170. The molecule has 0 saturated carbocycles. The van der Waals surface area contributed by atoms with Gasteiger partial charge in [-0.1, -0.05) is 87.0 Å². The van der Waals surface area contributed by atoms with Crippen molar-refractivity contribution >= 4 is 0 Å². The van der Waals surface area contributed by atoms with Gasteiger partial charge in [0.05, 0.1) is 0 Å². The summed E-state index contributed by atoms with van der Waals surface area (Å²) in [6.45, 7) is 16.8. The first-order chi connectivity index (χ1) is 8.06.